The SMILES string of the molecule is CCC(C)C(=O)OC1C2CC3CC1CC(C2)C3C(=O)OC(C)(C)c1ccc2cc3cc4ccccc4cc3cc2c1. The highest BCUT2D eigenvalue weighted by Crippen LogP contribution is 2.58. The second-order valence-electron chi connectivity index (χ2n) is 13.6. The van der Waals surface area contributed by atoms with E-state index in [1.54, 1.807) is 0 Å². The van der Waals surface area contributed by atoms with Crippen molar-refractivity contribution in [3.05, 3.63) is 72.3 Å². The molecular formula is C37H40O4. The van der Waals surface area contributed by atoms with Crippen molar-refractivity contribution in [2.45, 2.75) is 71.5 Å². The van der Waals surface area contributed by atoms with Crippen LogP contribution in [0.4, 0.5) is 0 Å². The van der Waals surface area contributed by atoms with Crippen LogP contribution in [0, 0.1) is 35.5 Å². The van der Waals surface area contributed by atoms with Gasteiger partial charge >= 0.3 is 11.9 Å². The van der Waals surface area contributed by atoms with Gasteiger partial charge in [0, 0.05) is 0 Å². The molecule has 0 heterocycles. The summed E-state index contributed by atoms with van der Waals surface area (Å²) in [6, 6.07) is 23.9. The molecular weight excluding hydrogens is 508 g/mol. The maximum Gasteiger partial charge on any atom is 0.310 e. The summed E-state index contributed by atoms with van der Waals surface area (Å²) in [5.41, 5.74) is 0.284. The van der Waals surface area contributed by atoms with Crippen molar-refractivity contribution in [2.75, 3.05) is 0 Å². The fourth-order valence-electron chi connectivity index (χ4n) is 8.27. The molecule has 0 aromatic heterocycles. The molecule has 8 rings (SSSR count). The van der Waals surface area contributed by atoms with E-state index in [9.17, 15) is 9.59 Å². The summed E-state index contributed by atoms with van der Waals surface area (Å²) in [6.45, 7) is 8.01. The second-order valence-corrected chi connectivity index (χ2v) is 13.6. The van der Waals surface area contributed by atoms with Gasteiger partial charge in [-0.05, 0) is 138 Å². The molecule has 1 atom stereocenters. The standard InChI is InChI=1S/C37H40O4/c1-5-21(2)35(38)40-34-30-16-28-17-31(34)19-29(18-30)33(28)36(39)41-37(3,4)32-11-10-24-14-25-12-22-8-6-7-9-23(22)13-26(25)15-27(24)20-32/h6-15,20-21,28-31,33-34H,5,16-19H2,1-4H3. The van der Waals surface area contributed by atoms with Crippen LogP contribution in [0.1, 0.15) is 65.4 Å². The zero-order valence-electron chi connectivity index (χ0n) is 24.6. The zero-order valence-corrected chi connectivity index (χ0v) is 24.6. The van der Waals surface area contributed by atoms with Gasteiger partial charge in [0.25, 0.3) is 0 Å². The fourth-order valence-corrected chi connectivity index (χ4v) is 8.27. The monoisotopic (exact) mass is 548 g/mol. The van der Waals surface area contributed by atoms with Crippen molar-refractivity contribution in [3.8, 4) is 0 Å². The Kier molecular flexibility index (Phi) is 6.37. The Balaban J connectivity index is 1.09. The number of carbonyl (C=O) groups excluding carboxylic acids is 2. The summed E-state index contributed by atoms with van der Waals surface area (Å²) in [5, 5.41) is 7.26. The molecule has 4 saturated carbocycles. The molecule has 0 saturated heterocycles. The van der Waals surface area contributed by atoms with E-state index in [1.807, 2.05) is 27.7 Å². The summed E-state index contributed by atoms with van der Waals surface area (Å²) in [7, 11) is 0. The third-order valence-electron chi connectivity index (χ3n) is 10.6. The van der Waals surface area contributed by atoms with Gasteiger partial charge in [-0.3, -0.25) is 9.59 Å². The van der Waals surface area contributed by atoms with Gasteiger partial charge in [0.2, 0.25) is 0 Å². The first kappa shape index (κ1) is 26.5. The molecule has 4 aromatic carbocycles. The van der Waals surface area contributed by atoms with Gasteiger partial charge in [0.05, 0.1) is 11.8 Å². The molecule has 1 unspecified atom stereocenters. The predicted molar refractivity (Wildman–Crippen MR) is 163 cm³/mol. The Morgan fingerprint density at radius 1 is 0.756 bits per heavy atom. The van der Waals surface area contributed by atoms with Crippen LogP contribution < -0.4 is 0 Å². The van der Waals surface area contributed by atoms with E-state index in [4.69, 9.17) is 9.47 Å². The number of esters is 2. The molecule has 4 aliphatic carbocycles. The summed E-state index contributed by atoms with van der Waals surface area (Å²) in [4.78, 5) is 26.3. The maximum absolute atomic E-state index is 13.8. The number of hydrogen-bond acceptors (Lipinski definition) is 4. The van der Waals surface area contributed by atoms with Crippen molar-refractivity contribution < 1.29 is 19.1 Å². The summed E-state index contributed by atoms with van der Waals surface area (Å²) in [6.07, 6.45) is 4.68. The van der Waals surface area contributed by atoms with E-state index in [1.165, 1.54) is 26.9 Å². The van der Waals surface area contributed by atoms with Crippen LogP contribution in [0.5, 0.6) is 0 Å². The van der Waals surface area contributed by atoms with E-state index in [2.05, 4.69) is 66.7 Å². The van der Waals surface area contributed by atoms with E-state index >= 15 is 0 Å². The maximum atomic E-state index is 13.8. The lowest BCUT2D eigenvalue weighted by molar-refractivity contribution is -0.195. The van der Waals surface area contributed by atoms with Crippen LogP contribution >= 0.6 is 0 Å². The van der Waals surface area contributed by atoms with E-state index in [-0.39, 0.29) is 29.9 Å². The van der Waals surface area contributed by atoms with E-state index in [0.717, 1.165) is 43.1 Å². The highest BCUT2D eigenvalue weighted by molar-refractivity contribution is 6.04. The largest absolute Gasteiger partial charge is 0.462 e. The predicted octanol–water partition coefficient (Wildman–Crippen LogP) is 8.56. The van der Waals surface area contributed by atoms with Crippen LogP contribution in [0.3, 0.4) is 0 Å². The van der Waals surface area contributed by atoms with Crippen molar-refractivity contribution in [3.63, 3.8) is 0 Å². The number of carbonyl (C=O) groups is 2. The molecule has 4 nitrogen and oxygen atoms in total. The molecule has 0 spiro atoms. The van der Waals surface area contributed by atoms with Gasteiger partial charge < -0.3 is 9.47 Å². The minimum Gasteiger partial charge on any atom is -0.462 e. The first-order valence-electron chi connectivity index (χ1n) is 15.5. The van der Waals surface area contributed by atoms with Crippen molar-refractivity contribution in [2.24, 2.45) is 35.5 Å². The third-order valence-corrected chi connectivity index (χ3v) is 10.6. The number of benzene rings is 4. The Morgan fingerprint density at radius 3 is 1.83 bits per heavy atom. The molecule has 4 aromatic rings. The van der Waals surface area contributed by atoms with Crippen LogP contribution in [-0.2, 0) is 24.7 Å². The molecule has 41 heavy (non-hydrogen) atoms. The first-order valence-corrected chi connectivity index (χ1v) is 15.5. The molecule has 4 heteroatoms. The van der Waals surface area contributed by atoms with Gasteiger partial charge in [-0.25, -0.2) is 0 Å². The number of hydrogen-bond donors (Lipinski definition) is 0. The number of ether oxygens (including phenoxy) is 2. The summed E-state index contributed by atoms with van der Waals surface area (Å²) >= 11 is 0. The Hall–Kier alpha value is -3.40. The molecule has 4 fully saturated rings. The van der Waals surface area contributed by atoms with Crippen molar-refractivity contribution in [1.82, 2.24) is 0 Å². The molecule has 0 N–H and O–H groups in total. The highest BCUT2D eigenvalue weighted by atomic mass is 16.6. The Morgan fingerprint density at radius 2 is 1.27 bits per heavy atom. The average molecular weight is 549 g/mol. The van der Waals surface area contributed by atoms with Crippen LogP contribution in [0.2, 0.25) is 0 Å². The van der Waals surface area contributed by atoms with Gasteiger partial charge in [-0.15, -0.1) is 0 Å². The Labute approximate surface area is 242 Å². The lowest BCUT2D eigenvalue weighted by Crippen LogP contribution is -2.56. The third kappa shape index (κ3) is 4.60. The van der Waals surface area contributed by atoms with Gasteiger partial charge in [-0.1, -0.05) is 50.2 Å². The average Bonchev–Trinajstić information content (AvgIpc) is 2.95. The summed E-state index contributed by atoms with van der Waals surface area (Å²) < 4.78 is 12.4. The summed E-state index contributed by atoms with van der Waals surface area (Å²) in [5.74, 6) is 1.22. The number of rotatable bonds is 6. The van der Waals surface area contributed by atoms with Gasteiger partial charge in [0.15, 0.2) is 0 Å². The second kappa shape index (κ2) is 9.86. The minimum atomic E-state index is -0.730. The molecule has 212 valence electrons. The molecule has 0 aliphatic heterocycles. The van der Waals surface area contributed by atoms with E-state index < -0.39 is 5.60 Å². The lowest BCUT2D eigenvalue weighted by Gasteiger charge is -2.56. The van der Waals surface area contributed by atoms with Crippen molar-refractivity contribution in [1.29, 1.82) is 0 Å². The van der Waals surface area contributed by atoms with Gasteiger partial charge in [-0.2, -0.15) is 0 Å². The quantitative estimate of drug-likeness (QED) is 0.179. The molecule has 0 radical (unpaired) electrons. The normalized spacial score (nSPS) is 27.8. The highest BCUT2D eigenvalue weighted by Gasteiger charge is 2.57. The fraction of sp³-hybridized carbons (Fsp3) is 0.459. The minimum absolute atomic E-state index is 0.0316. The van der Waals surface area contributed by atoms with Crippen LogP contribution in [0.25, 0.3) is 32.3 Å². The van der Waals surface area contributed by atoms with Crippen LogP contribution in [-0.4, -0.2) is 18.0 Å². The molecule has 4 aliphatic rings. The molecule has 0 amide bonds. The van der Waals surface area contributed by atoms with Gasteiger partial charge in [0.1, 0.15) is 11.7 Å². The van der Waals surface area contributed by atoms with E-state index in [0.29, 0.717) is 23.7 Å². The van der Waals surface area contributed by atoms with Crippen molar-refractivity contribution >= 4 is 44.3 Å². The topological polar surface area (TPSA) is 52.6 Å². The zero-order chi connectivity index (χ0) is 28.5. The molecule has 4 bridgehead atoms. The van der Waals surface area contributed by atoms with Crippen LogP contribution in [0.15, 0.2) is 66.7 Å². The first-order chi connectivity index (χ1) is 19.7. The Bertz CT molecular complexity index is 1640. The number of fused-ring (bicyclic) bond motifs is 3. The smallest absolute Gasteiger partial charge is 0.310 e. The lowest BCUT2D eigenvalue weighted by atomic mass is 9.50.